The van der Waals surface area contributed by atoms with Gasteiger partial charge in [0.25, 0.3) is 0 Å². The van der Waals surface area contributed by atoms with Gasteiger partial charge in [0.1, 0.15) is 0 Å². The third kappa shape index (κ3) is 6.71. The highest BCUT2D eigenvalue weighted by atomic mass is 17.4. The Bertz CT molecular complexity index is 289. The molecule has 4 heteroatoms. The summed E-state index contributed by atoms with van der Waals surface area (Å²) in [6.07, 6.45) is 8.10. The Morgan fingerprint density at radius 2 is 1.75 bits per heavy atom. The van der Waals surface area contributed by atoms with E-state index in [0.29, 0.717) is 18.4 Å². The molecule has 0 saturated carbocycles. The summed E-state index contributed by atoms with van der Waals surface area (Å²) in [6.45, 7) is 9.28. The topological polar surface area (TPSA) is 51.4 Å². The van der Waals surface area contributed by atoms with Crippen LogP contribution in [0, 0.1) is 5.41 Å². The van der Waals surface area contributed by atoms with Crippen LogP contribution in [0.1, 0.15) is 79.1 Å². The summed E-state index contributed by atoms with van der Waals surface area (Å²) in [6, 6.07) is 0. The first-order valence-electron chi connectivity index (χ1n) is 7.94. The summed E-state index contributed by atoms with van der Waals surface area (Å²) in [5.41, 5.74) is 0.332. The molecule has 4 nitrogen and oxygen atoms in total. The van der Waals surface area contributed by atoms with Gasteiger partial charge in [0.15, 0.2) is 0 Å². The van der Waals surface area contributed by atoms with Crippen LogP contribution in [0.2, 0.25) is 0 Å². The molecule has 0 N–H and O–H groups in total. The normalized spacial score (nSPS) is 17.0. The minimum absolute atomic E-state index is 0.332. The van der Waals surface area contributed by atoms with Crippen LogP contribution >= 0.6 is 0 Å². The summed E-state index contributed by atoms with van der Waals surface area (Å²) >= 11 is 0. The second kappa shape index (κ2) is 7.99. The van der Waals surface area contributed by atoms with E-state index in [1.165, 1.54) is 12.8 Å². The number of carbonyl (C=O) groups is 1. The Balaban J connectivity index is 2.12. The highest BCUT2D eigenvalue weighted by Gasteiger charge is 2.57. The summed E-state index contributed by atoms with van der Waals surface area (Å²) < 4.78 is 5.22. The van der Waals surface area contributed by atoms with E-state index in [1.807, 2.05) is 0 Å². The average molecular weight is 286 g/mol. The van der Waals surface area contributed by atoms with Gasteiger partial charge in [0.05, 0.1) is 6.61 Å². The smallest absolute Gasteiger partial charge is 0.372 e. The fourth-order valence-electron chi connectivity index (χ4n) is 2.12. The first kappa shape index (κ1) is 17.4. The van der Waals surface area contributed by atoms with Crippen LogP contribution in [0.5, 0.6) is 0 Å². The monoisotopic (exact) mass is 286 g/mol. The fourth-order valence-corrected chi connectivity index (χ4v) is 2.12. The summed E-state index contributed by atoms with van der Waals surface area (Å²) in [5, 5.41) is 0. The molecule has 0 amide bonds. The van der Waals surface area contributed by atoms with E-state index in [-0.39, 0.29) is 5.97 Å². The summed E-state index contributed by atoms with van der Waals surface area (Å²) in [5.74, 6) is -1.44. The molecule has 1 aliphatic heterocycles. The van der Waals surface area contributed by atoms with Gasteiger partial charge in [-0.2, -0.15) is 9.78 Å². The molecule has 1 heterocycles. The number of esters is 1. The van der Waals surface area contributed by atoms with Crippen molar-refractivity contribution in [3.8, 4) is 0 Å². The molecule has 0 aromatic carbocycles. The molecule has 0 aromatic rings. The predicted molar refractivity (Wildman–Crippen MR) is 77.9 cm³/mol. The van der Waals surface area contributed by atoms with Gasteiger partial charge in [-0.05, 0) is 24.7 Å². The van der Waals surface area contributed by atoms with E-state index in [9.17, 15) is 4.79 Å². The van der Waals surface area contributed by atoms with Crippen molar-refractivity contribution in [1.82, 2.24) is 0 Å². The summed E-state index contributed by atoms with van der Waals surface area (Å²) in [7, 11) is 0. The Kier molecular flexibility index (Phi) is 6.96. The lowest BCUT2D eigenvalue weighted by molar-refractivity contribution is -0.151. The third-order valence-electron chi connectivity index (χ3n) is 3.51. The minimum Gasteiger partial charge on any atom is -0.462 e. The first-order valence-corrected chi connectivity index (χ1v) is 7.94. The number of carbonyl (C=O) groups excluding carboxylic acids is 1. The lowest BCUT2D eigenvalue weighted by atomic mass is 9.89. The Labute approximate surface area is 123 Å². The molecular formula is C16H30O4. The van der Waals surface area contributed by atoms with Crippen molar-refractivity contribution in [2.45, 2.75) is 84.8 Å². The largest absolute Gasteiger partial charge is 0.462 e. The Morgan fingerprint density at radius 3 is 2.30 bits per heavy atom. The van der Waals surface area contributed by atoms with Gasteiger partial charge in [-0.1, -0.05) is 53.4 Å². The van der Waals surface area contributed by atoms with E-state index < -0.39 is 5.79 Å². The highest BCUT2D eigenvalue weighted by Crippen LogP contribution is 2.37. The number of hydrogen-bond donors (Lipinski definition) is 0. The predicted octanol–water partition coefficient (Wildman–Crippen LogP) is 4.37. The third-order valence-corrected chi connectivity index (χ3v) is 3.51. The summed E-state index contributed by atoms with van der Waals surface area (Å²) in [4.78, 5) is 21.7. The van der Waals surface area contributed by atoms with Crippen molar-refractivity contribution in [1.29, 1.82) is 0 Å². The van der Waals surface area contributed by atoms with Crippen molar-refractivity contribution in [2.24, 2.45) is 5.41 Å². The zero-order chi connectivity index (χ0) is 15.1. The zero-order valence-electron chi connectivity index (χ0n) is 13.5. The number of unbranched alkanes of at least 4 members (excludes halogenated alkanes) is 4. The van der Waals surface area contributed by atoms with Crippen LogP contribution in [-0.2, 0) is 19.3 Å². The van der Waals surface area contributed by atoms with Gasteiger partial charge < -0.3 is 4.74 Å². The Hall–Kier alpha value is -0.610. The lowest BCUT2D eigenvalue weighted by Gasteiger charge is -2.17. The van der Waals surface area contributed by atoms with E-state index in [2.05, 4.69) is 27.7 Å². The van der Waals surface area contributed by atoms with Crippen LogP contribution in [0.25, 0.3) is 0 Å². The van der Waals surface area contributed by atoms with Crippen molar-refractivity contribution in [3.63, 3.8) is 0 Å². The average Bonchev–Trinajstić information content (AvgIpc) is 3.14. The maximum Gasteiger partial charge on any atom is 0.372 e. The van der Waals surface area contributed by atoms with Gasteiger partial charge >= 0.3 is 11.8 Å². The standard InChI is InChI=1S/C16H30O4/c1-5-6-7-10-13-18-14(17)16(19-20-16)12-9-8-11-15(2,3)4/h5-13H2,1-4H3. The minimum atomic E-state index is -1.08. The lowest BCUT2D eigenvalue weighted by Crippen LogP contribution is -2.27. The van der Waals surface area contributed by atoms with Crippen molar-refractivity contribution in [3.05, 3.63) is 0 Å². The van der Waals surface area contributed by atoms with Gasteiger partial charge in [-0.15, -0.1) is 0 Å². The van der Waals surface area contributed by atoms with Gasteiger partial charge in [-0.3, -0.25) is 0 Å². The number of ether oxygens (including phenoxy) is 1. The SMILES string of the molecule is CCCCCCOC(=O)C1(CCCCC(C)(C)C)OO1. The quantitative estimate of drug-likeness (QED) is 0.259. The molecule has 0 radical (unpaired) electrons. The van der Waals surface area contributed by atoms with Crippen LogP contribution in [0.3, 0.4) is 0 Å². The first-order chi connectivity index (χ1) is 9.40. The van der Waals surface area contributed by atoms with Crippen molar-refractivity contribution < 1.29 is 19.3 Å². The van der Waals surface area contributed by atoms with Crippen LogP contribution in [0.15, 0.2) is 0 Å². The fraction of sp³-hybridized carbons (Fsp3) is 0.938. The molecule has 0 aromatic heterocycles. The van der Waals surface area contributed by atoms with E-state index in [4.69, 9.17) is 14.5 Å². The molecule has 1 aliphatic rings. The molecule has 0 bridgehead atoms. The molecule has 0 unspecified atom stereocenters. The van der Waals surface area contributed by atoms with E-state index in [0.717, 1.165) is 32.1 Å². The molecule has 1 fully saturated rings. The molecule has 1 rings (SSSR count). The zero-order valence-corrected chi connectivity index (χ0v) is 13.5. The molecule has 0 atom stereocenters. The van der Waals surface area contributed by atoms with Crippen LogP contribution in [-0.4, -0.2) is 18.4 Å². The van der Waals surface area contributed by atoms with Gasteiger partial charge in [0, 0.05) is 6.42 Å². The second-order valence-electron chi connectivity index (χ2n) is 6.88. The molecular weight excluding hydrogens is 256 g/mol. The maximum atomic E-state index is 11.9. The molecule has 20 heavy (non-hydrogen) atoms. The second-order valence-corrected chi connectivity index (χ2v) is 6.88. The molecule has 1 saturated heterocycles. The molecule has 118 valence electrons. The molecule has 0 aliphatic carbocycles. The highest BCUT2D eigenvalue weighted by molar-refractivity contribution is 5.79. The van der Waals surface area contributed by atoms with E-state index in [1.54, 1.807) is 0 Å². The maximum absolute atomic E-state index is 11.9. The van der Waals surface area contributed by atoms with Crippen LogP contribution < -0.4 is 0 Å². The number of hydrogen-bond acceptors (Lipinski definition) is 4. The van der Waals surface area contributed by atoms with Crippen LogP contribution in [0.4, 0.5) is 0 Å². The van der Waals surface area contributed by atoms with Crippen molar-refractivity contribution in [2.75, 3.05) is 6.61 Å². The van der Waals surface area contributed by atoms with Crippen molar-refractivity contribution >= 4 is 5.97 Å². The van der Waals surface area contributed by atoms with E-state index >= 15 is 0 Å². The number of rotatable bonds is 10. The van der Waals surface area contributed by atoms with Gasteiger partial charge in [0.2, 0.25) is 0 Å². The Morgan fingerprint density at radius 1 is 1.05 bits per heavy atom. The molecule has 0 spiro atoms. The van der Waals surface area contributed by atoms with Gasteiger partial charge in [-0.25, -0.2) is 4.79 Å².